The molecular weight excluding hydrogens is 226 g/mol. The monoisotopic (exact) mass is 239 g/mol. The van der Waals surface area contributed by atoms with Crippen LogP contribution in [-0.4, -0.2) is 41.9 Å². The standard InChI is InChI=1S/C10H13N3O4/c1-15-9(14)7-4-6(5-16-7)17-8-2-3-12-10(11)13-8/h2-3,6-7H,4-5H2,1H3,(H2,11,12,13). The Hall–Kier alpha value is -1.89. The lowest BCUT2D eigenvalue weighted by molar-refractivity contribution is -0.151. The minimum absolute atomic E-state index is 0.144. The fourth-order valence-electron chi connectivity index (χ4n) is 1.57. The molecule has 2 rings (SSSR count). The minimum Gasteiger partial charge on any atom is -0.472 e. The molecule has 2 unspecified atom stereocenters. The number of esters is 1. The first-order valence-electron chi connectivity index (χ1n) is 5.13. The van der Waals surface area contributed by atoms with E-state index >= 15 is 0 Å². The maximum absolute atomic E-state index is 11.2. The normalized spacial score (nSPS) is 23.4. The lowest BCUT2D eigenvalue weighted by Gasteiger charge is -2.10. The molecule has 92 valence electrons. The summed E-state index contributed by atoms with van der Waals surface area (Å²) in [6.07, 6.45) is 1.15. The third-order valence-electron chi connectivity index (χ3n) is 2.36. The minimum atomic E-state index is -0.566. The number of carbonyl (C=O) groups is 1. The molecule has 17 heavy (non-hydrogen) atoms. The van der Waals surface area contributed by atoms with Crippen LogP contribution >= 0.6 is 0 Å². The molecule has 1 aliphatic rings. The highest BCUT2D eigenvalue weighted by atomic mass is 16.6. The molecule has 1 aromatic rings. The fourth-order valence-corrected chi connectivity index (χ4v) is 1.57. The SMILES string of the molecule is COC(=O)C1CC(Oc2ccnc(N)n2)CO1. The summed E-state index contributed by atoms with van der Waals surface area (Å²) in [5.41, 5.74) is 5.42. The van der Waals surface area contributed by atoms with Gasteiger partial charge in [0.05, 0.1) is 13.7 Å². The lowest BCUT2D eigenvalue weighted by Crippen LogP contribution is -2.22. The molecule has 1 aromatic heterocycles. The molecule has 2 atom stereocenters. The topological polar surface area (TPSA) is 96.6 Å². The number of methoxy groups -OCH3 is 1. The third-order valence-corrected chi connectivity index (χ3v) is 2.36. The van der Waals surface area contributed by atoms with E-state index in [1.807, 2.05) is 0 Å². The summed E-state index contributed by atoms with van der Waals surface area (Å²) >= 11 is 0. The quantitative estimate of drug-likeness (QED) is 0.727. The molecule has 1 saturated heterocycles. The zero-order valence-corrected chi connectivity index (χ0v) is 9.33. The maximum Gasteiger partial charge on any atom is 0.335 e. The fraction of sp³-hybridized carbons (Fsp3) is 0.500. The van der Waals surface area contributed by atoms with Gasteiger partial charge in [-0.15, -0.1) is 0 Å². The first-order valence-corrected chi connectivity index (χ1v) is 5.13. The van der Waals surface area contributed by atoms with Gasteiger partial charge in [0.15, 0.2) is 6.10 Å². The third kappa shape index (κ3) is 2.82. The van der Waals surface area contributed by atoms with Gasteiger partial charge in [0.2, 0.25) is 11.8 Å². The van der Waals surface area contributed by atoms with Crippen LogP contribution in [0.25, 0.3) is 0 Å². The molecular formula is C10H13N3O4. The Labute approximate surface area is 97.9 Å². The van der Waals surface area contributed by atoms with E-state index in [1.54, 1.807) is 6.07 Å². The Morgan fingerprint density at radius 2 is 2.47 bits per heavy atom. The molecule has 0 aromatic carbocycles. The molecule has 7 heteroatoms. The van der Waals surface area contributed by atoms with Gasteiger partial charge in [-0.05, 0) is 0 Å². The Balaban J connectivity index is 1.92. The summed E-state index contributed by atoms with van der Waals surface area (Å²) in [5.74, 6) is 0.126. The second-order valence-corrected chi connectivity index (χ2v) is 3.57. The molecule has 0 spiro atoms. The van der Waals surface area contributed by atoms with Crippen molar-refractivity contribution < 1.29 is 19.0 Å². The number of aromatic nitrogens is 2. The first-order chi connectivity index (χ1) is 8.19. The van der Waals surface area contributed by atoms with Gasteiger partial charge < -0.3 is 19.9 Å². The molecule has 2 N–H and O–H groups in total. The molecule has 0 saturated carbocycles. The van der Waals surface area contributed by atoms with Gasteiger partial charge >= 0.3 is 5.97 Å². The highest BCUT2D eigenvalue weighted by Crippen LogP contribution is 2.19. The highest BCUT2D eigenvalue weighted by molar-refractivity contribution is 5.74. The zero-order valence-electron chi connectivity index (χ0n) is 9.33. The van der Waals surface area contributed by atoms with Crippen LogP contribution in [0.15, 0.2) is 12.3 Å². The second kappa shape index (κ2) is 4.96. The van der Waals surface area contributed by atoms with Gasteiger partial charge in [-0.25, -0.2) is 9.78 Å². The van der Waals surface area contributed by atoms with Crippen molar-refractivity contribution in [1.29, 1.82) is 0 Å². The maximum atomic E-state index is 11.2. The summed E-state index contributed by atoms with van der Waals surface area (Å²) < 4.78 is 15.4. The average molecular weight is 239 g/mol. The van der Waals surface area contributed by atoms with Crippen molar-refractivity contribution in [3.63, 3.8) is 0 Å². The summed E-state index contributed by atoms with van der Waals surface area (Å²) in [5, 5.41) is 0. The van der Waals surface area contributed by atoms with Crippen molar-refractivity contribution in [2.24, 2.45) is 0 Å². The summed E-state index contributed by atoms with van der Waals surface area (Å²) in [6, 6.07) is 1.60. The van der Waals surface area contributed by atoms with Crippen molar-refractivity contribution >= 4 is 11.9 Å². The molecule has 0 aliphatic carbocycles. The largest absolute Gasteiger partial charge is 0.472 e. The van der Waals surface area contributed by atoms with Crippen LogP contribution in [0, 0.1) is 0 Å². The highest BCUT2D eigenvalue weighted by Gasteiger charge is 2.33. The van der Waals surface area contributed by atoms with E-state index < -0.39 is 12.1 Å². The van der Waals surface area contributed by atoms with Crippen LogP contribution in [0.1, 0.15) is 6.42 Å². The van der Waals surface area contributed by atoms with Crippen LogP contribution in [0.4, 0.5) is 5.95 Å². The Bertz CT molecular complexity index is 412. The van der Waals surface area contributed by atoms with Gasteiger partial charge in [0.25, 0.3) is 0 Å². The Morgan fingerprint density at radius 3 is 3.18 bits per heavy atom. The van der Waals surface area contributed by atoms with Crippen molar-refractivity contribution in [1.82, 2.24) is 9.97 Å². The van der Waals surface area contributed by atoms with E-state index in [1.165, 1.54) is 13.3 Å². The molecule has 1 aliphatic heterocycles. The molecule has 0 amide bonds. The Kier molecular flexibility index (Phi) is 3.38. The van der Waals surface area contributed by atoms with Gasteiger partial charge in [0, 0.05) is 18.7 Å². The predicted octanol–water partition coefficient (Wildman–Crippen LogP) is -0.232. The van der Waals surface area contributed by atoms with Crippen molar-refractivity contribution in [3.05, 3.63) is 12.3 Å². The number of rotatable bonds is 3. The van der Waals surface area contributed by atoms with Crippen LogP contribution in [0.3, 0.4) is 0 Å². The van der Waals surface area contributed by atoms with Crippen molar-refractivity contribution in [2.75, 3.05) is 19.5 Å². The van der Waals surface area contributed by atoms with E-state index in [2.05, 4.69) is 14.7 Å². The van der Waals surface area contributed by atoms with Crippen LogP contribution in [-0.2, 0) is 14.3 Å². The number of nitrogen functional groups attached to an aromatic ring is 1. The van der Waals surface area contributed by atoms with E-state index in [0.29, 0.717) is 18.9 Å². The van der Waals surface area contributed by atoms with Gasteiger partial charge in [0.1, 0.15) is 6.10 Å². The average Bonchev–Trinajstić information content (AvgIpc) is 2.76. The van der Waals surface area contributed by atoms with E-state index in [-0.39, 0.29) is 12.1 Å². The first kappa shape index (κ1) is 11.6. The number of ether oxygens (including phenoxy) is 3. The van der Waals surface area contributed by atoms with Gasteiger partial charge in [-0.1, -0.05) is 0 Å². The summed E-state index contributed by atoms with van der Waals surface area (Å²) in [6.45, 7) is 0.323. The number of nitrogens with zero attached hydrogens (tertiary/aromatic N) is 2. The molecule has 0 radical (unpaired) electrons. The molecule has 1 fully saturated rings. The smallest absolute Gasteiger partial charge is 0.335 e. The number of hydrogen-bond donors (Lipinski definition) is 1. The summed E-state index contributed by atoms with van der Waals surface area (Å²) in [7, 11) is 1.32. The van der Waals surface area contributed by atoms with E-state index in [9.17, 15) is 4.79 Å². The van der Waals surface area contributed by atoms with Crippen molar-refractivity contribution in [3.8, 4) is 5.88 Å². The Morgan fingerprint density at radius 1 is 1.65 bits per heavy atom. The number of hydrogen-bond acceptors (Lipinski definition) is 7. The van der Waals surface area contributed by atoms with Crippen LogP contribution in [0.2, 0.25) is 0 Å². The van der Waals surface area contributed by atoms with E-state index in [0.717, 1.165) is 0 Å². The number of anilines is 1. The molecule has 2 heterocycles. The summed E-state index contributed by atoms with van der Waals surface area (Å²) in [4.78, 5) is 18.9. The number of nitrogens with two attached hydrogens (primary N) is 1. The predicted molar refractivity (Wildman–Crippen MR) is 57.2 cm³/mol. The van der Waals surface area contributed by atoms with Gasteiger partial charge in [-0.2, -0.15) is 4.98 Å². The van der Waals surface area contributed by atoms with Crippen LogP contribution < -0.4 is 10.5 Å². The van der Waals surface area contributed by atoms with E-state index in [4.69, 9.17) is 15.2 Å². The van der Waals surface area contributed by atoms with Crippen LogP contribution in [0.5, 0.6) is 5.88 Å². The number of carbonyl (C=O) groups excluding carboxylic acids is 1. The lowest BCUT2D eigenvalue weighted by atomic mass is 10.2. The second-order valence-electron chi connectivity index (χ2n) is 3.57. The molecule has 7 nitrogen and oxygen atoms in total. The molecule has 0 bridgehead atoms. The van der Waals surface area contributed by atoms with Crippen molar-refractivity contribution in [2.45, 2.75) is 18.6 Å². The zero-order chi connectivity index (χ0) is 12.3. The van der Waals surface area contributed by atoms with Gasteiger partial charge in [-0.3, -0.25) is 0 Å².